The molecule has 1 aromatic carbocycles. The first-order valence-corrected chi connectivity index (χ1v) is 6.96. The summed E-state index contributed by atoms with van der Waals surface area (Å²) in [5.41, 5.74) is 1.10. The average Bonchev–Trinajstić information content (AvgIpc) is 2.35. The standard InChI is InChI=1S/C13H17Cl3O/c1-17-9-10(8-14)2-7-13(16)11-3-5-12(15)6-4-11/h3-6,10,13H,2,7-9H2,1H3. The highest BCUT2D eigenvalue weighted by molar-refractivity contribution is 6.30. The van der Waals surface area contributed by atoms with Crippen molar-refractivity contribution in [2.24, 2.45) is 5.92 Å². The predicted octanol–water partition coefficient (Wildman–Crippen LogP) is 4.90. The summed E-state index contributed by atoms with van der Waals surface area (Å²) < 4.78 is 5.10. The zero-order valence-electron chi connectivity index (χ0n) is 9.83. The third kappa shape index (κ3) is 5.48. The molecule has 0 heterocycles. The van der Waals surface area contributed by atoms with Crippen LogP contribution in [-0.4, -0.2) is 19.6 Å². The largest absolute Gasteiger partial charge is 0.384 e. The molecule has 0 N–H and O–H groups in total. The van der Waals surface area contributed by atoms with Crippen LogP contribution in [0.2, 0.25) is 5.02 Å². The van der Waals surface area contributed by atoms with Gasteiger partial charge < -0.3 is 4.74 Å². The summed E-state index contributed by atoms with van der Waals surface area (Å²) in [6.45, 7) is 0.688. The highest BCUT2D eigenvalue weighted by Gasteiger charge is 2.12. The molecule has 0 saturated heterocycles. The van der Waals surface area contributed by atoms with Gasteiger partial charge in [-0.05, 0) is 36.5 Å². The zero-order chi connectivity index (χ0) is 12.7. The second-order valence-electron chi connectivity index (χ2n) is 4.07. The Labute approximate surface area is 118 Å². The van der Waals surface area contributed by atoms with Crippen LogP contribution in [0.1, 0.15) is 23.8 Å². The van der Waals surface area contributed by atoms with Gasteiger partial charge in [-0.1, -0.05) is 23.7 Å². The second-order valence-corrected chi connectivity index (χ2v) is 5.34. The Morgan fingerprint density at radius 3 is 2.35 bits per heavy atom. The number of halogens is 3. The Morgan fingerprint density at radius 2 is 1.82 bits per heavy atom. The fraction of sp³-hybridized carbons (Fsp3) is 0.538. The quantitative estimate of drug-likeness (QED) is 0.650. The molecular formula is C13H17Cl3O. The summed E-state index contributed by atoms with van der Waals surface area (Å²) in [4.78, 5) is 0. The van der Waals surface area contributed by atoms with Crippen LogP contribution in [0, 0.1) is 5.92 Å². The molecule has 0 saturated carbocycles. The van der Waals surface area contributed by atoms with E-state index >= 15 is 0 Å². The molecule has 1 rings (SSSR count). The fourth-order valence-corrected chi connectivity index (χ4v) is 2.30. The minimum atomic E-state index is 0.00911. The molecule has 2 unspecified atom stereocenters. The van der Waals surface area contributed by atoms with Crippen molar-refractivity contribution in [2.45, 2.75) is 18.2 Å². The normalized spacial score (nSPS) is 14.6. The van der Waals surface area contributed by atoms with Crippen LogP contribution in [0.25, 0.3) is 0 Å². The van der Waals surface area contributed by atoms with Gasteiger partial charge in [-0.2, -0.15) is 0 Å². The first kappa shape index (κ1) is 15.1. The molecule has 4 heteroatoms. The molecule has 0 aliphatic rings. The molecule has 0 spiro atoms. The minimum Gasteiger partial charge on any atom is -0.384 e. The Kier molecular flexibility index (Phi) is 7.29. The van der Waals surface area contributed by atoms with Crippen molar-refractivity contribution in [3.05, 3.63) is 34.9 Å². The molecule has 0 aliphatic heterocycles. The van der Waals surface area contributed by atoms with Gasteiger partial charge in [0.1, 0.15) is 0 Å². The molecule has 0 bridgehead atoms. The van der Waals surface area contributed by atoms with E-state index in [-0.39, 0.29) is 5.38 Å². The monoisotopic (exact) mass is 294 g/mol. The predicted molar refractivity (Wildman–Crippen MR) is 75.4 cm³/mol. The molecular weight excluding hydrogens is 279 g/mol. The highest BCUT2D eigenvalue weighted by atomic mass is 35.5. The van der Waals surface area contributed by atoms with Gasteiger partial charge in [0, 0.05) is 18.0 Å². The number of hydrogen-bond acceptors (Lipinski definition) is 1. The number of hydrogen-bond donors (Lipinski definition) is 0. The van der Waals surface area contributed by atoms with Crippen LogP contribution in [0.15, 0.2) is 24.3 Å². The van der Waals surface area contributed by atoms with Gasteiger partial charge in [-0.15, -0.1) is 23.2 Å². The van der Waals surface area contributed by atoms with Crippen molar-refractivity contribution >= 4 is 34.8 Å². The molecule has 0 radical (unpaired) electrons. The number of ether oxygens (including phenoxy) is 1. The first-order valence-electron chi connectivity index (χ1n) is 5.61. The summed E-state index contributed by atoms with van der Waals surface area (Å²) in [5.74, 6) is 0.980. The number of benzene rings is 1. The Bertz CT molecular complexity index is 313. The van der Waals surface area contributed by atoms with Crippen molar-refractivity contribution < 1.29 is 4.74 Å². The average molecular weight is 296 g/mol. The maximum atomic E-state index is 6.33. The van der Waals surface area contributed by atoms with E-state index in [1.807, 2.05) is 24.3 Å². The van der Waals surface area contributed by atoms with E-state index in [9.17, 15) is 0 Å². The molecule has 2 atom stereocenters. The summed E-state index contributed by atoms with van der Waals surface area (Å²) in [6.07, 6.45) is 1.86. The van der Waals surface area contributed by atoms with Crippen LogP contribution in [0.5, 0.6) is 0 Å². The lowest BCUT2D eigenvalue weighted by Gasteiger charge is -2.15. The maximum absolute atomic E-state index is 6.33. The van der Waals surface area contributed by atoms with Crippen LogP contribution in [0.4, 0.5) is 0 Å². The smallest absolute Gasteiger partial charge is 0.0585 e. The molecule has 0 amide bonds. The van der Waals surface area contributed by atoms with Gasteiger partial charge in [-0.3, -0.25) is 0 Å². The number of rotatable bonds is 7. The molecule has 1 aromatic rings. The molecule has 0 aliphatic carbocycles. The van der Waals surface area contributed by atoms with E-state index < -0.39 is 0 Å². The van der Waals surface area contributed by atoms with Crippen LogP contribution < -0.4 is 0 Å². The van der Waals surface area contributed by atoms with E-state index in [0.29, 0.717) is 18.4 Å². The number of alkyl halides is 2. The van der Waals surface area contributed by atoms with Crippen LogP contribution >= 0.6 is 34.8 Å². The van der Waals surface area contributed by atoms with Crippen molar-refractivity contribution in [3.8, 4) is 0 Å². The Balaban J connectivity index is 2.43. The lowest BCUT2D eigenvalue weighted by molar-refractivity contribution is 0.156. The molecule has 1 nitrogen and oxygen atoms in total. The SMILES string of the molecule is COCC(CCl)CCC(Cl)c1ccc(Cl)cc1. The van der Waals surface area contributed by atoms with Crippen molar-refractivity contribution in [1.82, 2.24) is 0 Å². The Morgan fingerprint density at radius 1 is 1.18 bits per heavy atom. The lowest BCUT2D eigenvalue weighted by atomic mass is 10.0. The second kappa shape index (κ2) is 8.20. The van der Waals surface area contributed by atoms with Gasteiger partial charge in [0.25, 0.3) is 0 Å². The first-order chi connectivity index (χ1) is 8.17. The minimum absolute atomic E-state index is 0.00911. The van der Waals surface area contributed by atoms with Crippen LogP contribution in [-0.2, 0) is 4.74 Å². The molecule has 0 fully saturated rings. The Hall–Kier alpha value is 0.0500. The van der Waals surface area contributed by atoms with E-state index in [2.05, 4.69) is 0 Å². The summed E-state index contributed by atoms with van der Waals surface area (Å²) in [5, 5.41) is 0.741. The third-order valence-corrected chi connectivity index (χ3v) is 3.84. The van der Waals surface area contributed by atoms with Gasteiger partial charge in [-0.25, -0.2) is 0 Å². The summed E-state index contributed by atoms with van der Waals surface area (Å²) in [7, 11) is 1.69. The number of methoxy groups -OCH3 is 1. The van der Waals surface area contributed by atoms with Gasteiger partial charge in [0.2, 0.25) is 0 Å². The lowest BCUT2D eigenvalue weighted by Crippen LogP contribution is -2.10. The van der Waals surface area contributed by atoms with Gasteiger partial charge in [0.05, 0.1) is 12.0 Å². The molecule has 17 heavy (non-hydrogen) atoms. The van der Waals surface area contributed by atoms with E-state index in [1.54, 1.807) is 7.11 Å². The van der Waals surface area contributed by atoms with Crippen molar-refractivity contribution in [2.75, 3.05) is 19.6 Å². The molecule has 0 aromatic heterocycles. The van der Waals surface area contributed by atoms with Gasteiger partial charge >= 0.3 is 0 Å². The van der Waals surface area contributed by atoms with E-state index in [0.717, 1.165) is 23.4 Å². The topological polar surface area (TPSA) is 9.23 Å². The van der Waals surface area contributed by atoms with E-state index in [1.165, 1.54) is 0 Å². The molecule has 96 valence electrons. The maximum Gasteiger partial charge on any atom is 0.0585 e. The fourth-order valence-electron chi connectivity index (χ4n) is 1.66. The third-order valence-electron chi connectivity index (χ3n) is 2.68. The van der Waals surface area contributed by atoms with Gasteiger partial charge in [0.15, 0.2) is 0 Å². The summed E-state index contributed by atoms with van der Waals surface area (Å²) in [6, 6.07) is 7.65. The summed E-state index contributed by atoms with van der Waals surface area (Å²) >= 11 is 18.0. The van der Waals surface area contributed by atoms with Crippen molar-refractivity contribution in [3.63, 3.8) is 0 Å². The van der Waals surface area contributed by atoms with Crippen molar-refractivity contribution in [1.29, 1.82) is 0 Å². The van der Waals surface area contributed by atoms with Crippen LogP contribution in [0.3, 0.4) is 0 Å². The van der Waals surface area contributed by atoms with E-state index in [4.69, 9.17) is 39.5 Å². The zero-order valence-corrected chi connectivity index (χ0v) is 12.1. The highest BCUT2D eigenvalue weighted by Crippen LogP contribution is 2.28.